The van der Waals surface area contributed by atoms with Crippen LogP contribution in [0, 0.1) is 11.7 Å². The van der Waals surface area contributed by atoms with Gasteiger partial charge in [0, 0.05) is 6.04 Å². The lowest BCUT2D eigenvalue weighted by Crippen LogP contribution is -2.26. The molecule has 2 atom stereocenters. The Balaban J connectivity index is 3.18. The van der Waals surface area contributed by atoms with Crippen molar-refractivity contribution in [3.8, 4) is 0 Å². The smallest absolute Gasteiger partial charge is 0.310 e. The van der Waals surface area contributed by atoms with Crippen LogP contribution in [-0.4, -0.2) is 6.54 Å². The minimum absolute atomic E-state index is 0.0104. The summed E-state index contributed by atoms with van der Waals surface area (Å²) in [5.74, 6) is -0.367. The molecule has 0 saturated carbocycles. The largest absolute Gasteiger partial charge is 0.416 e. The fourth-order valence-corrected chi connectivity index (χ4v) is 2.29. The fourth-order valence-electron chi connectivity index (χ4n) is 2.29. The zero-order valence-electron chi connectivity index (χ0n) is 12.7. The Morgan fingerprint density at radius 1 is 1.19 bits per heavy atom. The van der Waals surface area contributed by atoms with E-state index in [0.717, 1.165) is 31.0 Å². The molecule has 1 aromatic carbocycles. The number of rotatable bonds is 7. The van der Waals surface area contributed by atoms with Gasteiger partial charge in [-0.15, -0.1) is 0 Å². The van der Waals surface area contributed by atoms with Crippen molar-refractivity contribution in [2.24, 2.45) is 5.92 Å². The monoisotopic (exact) mass is 305 g/mol. The van der Waals surface area contributed by atoms with Crippen LogP contribution in [0.25, 0.3) is 0 Å². The fraction of sp³-hybridized carbons (Fsp3) is 0.625. The molecule has 0 aromatic heterocycles. The van der Waals surface area contributed by atoms with Gasteiger partial charge in [-0.1, -0.05) is 27.2 Å². The summed E-state index contributed by atoms with van der Waals surface area (Å²) in [6, 6.07) is 2.24. The zero-order valence-corrected chi connectivity index (χ0v) is 12.7. The number of hydrogen-bond acceptors (Lipinski definition) is 1. The predicted octanol–water partition coefficient (Wildman–Crippen LogP) is 5.32. The third-order valence-corrected chi connectivity index (χ3v) is 3.67. The van der Waals surface area contributed by atoms with E-state index in [1.165, 1.54) is 0 Å². The van der Waals surface area contributed by atoms with E-state index < -0.39 is 23.6 Å². The Kier molecular flexibility index (Phi) is 6.65. The molecule has 5 heteroatoms. The van der Waals surface area contributed by atoms with E-state index in [2.05, 4.69) is 5.32 Å². The van der Waals surface area contributed by atoms with Crippen molar-refractivity contribution in [3.63, 3.8) is 0 Å². The molecule has 0 fully saturated rings. The second-order valence-electron chi connectivity index (χ2n) is 5.49. The van der Waals surface area contributed by atoms with Crippen molar-refractivity contribution in [3.05, 3.63) is 35.1 Å². The molecule has 0 bridgehead atoms. The second-order valence-corrected chi connectivity index (χ2v) is 5.49. The van der Waals surface area contributed by atoms with Crippen molar-refractivity contribution < 1.29 is 17.6 Å². The maximum atomic E-state index is 13.4. The van der Waals surface area contributed by atoms with Gasteiger partial charge in [-0.2, -0.15) is 13.2 Å². The number of alkyl halides is 3. The minimum Gasteiger partial charge on any atom is -0.310 e. The molecule has 0 saturated heterocycles. The minimum atomic E-state index is -4.47. The Labute approximate surface area is 123 Å². The number of benzene rings is 1. The van der Waals surface area contributed by atoms with Crippen LogP contribution in [0.15, 0.2) is 18.2 Å². The first-order chi connectivity index (χ1) is 9.79. The van der Waals surface area contributed by atoms with Crippen molar-refractivity contribution in [2.75, 3.05) is 6.54 Å². The number of halogens is 4. The molecule has 0 spiro atoms. The average Bonchev–Trinajstić information content (AvgIpc) is 2.41. The Bertz CT molecular complexity index is 442. The lowest BCUT2D eigenvalue weighted by Gasteiger charge is -2.25. The van der Waals surface area contributed by atoms with E-state index >= 15 is 0 Å². The maximum Gasteiger partial charge on any atom is 0.416 e. The maximum absolute atomic E-state index is 13.4. The van der Waals surface area contributed by atoms with E-state index in [1.54, 1.807) is 0 Å². The second kappa shape index (κ2) is 7.78. The van der Waals surface area contributed by atoms with Gasteiger partial charge in [-0.25, -0.2) is 4.39 Å². The van der Waals surface area contributed by atoms with Gasteiger partial charge in [-0.05, 0) is 49.1 Å². The lowest BCUT2D eigenvalue weighted by atomic mass is 9.91. The van der Waals surface area contributed by atoms with Gasteiger partial charge in [-0.3, -0.25) is 0 Å². The van der Waals surface area contributed by atoms with Gasteiger partial charge >= 0.3 is 6.18 Å². The first kappa shape index (κ1) is 18.0. The summed E-state index contributed by atoms with van der Waals surface area (Å²) in [6.45, 7) is 6.55. The topological polar surface area (TPSA) is 12.0 Å². The highest BCUT2D eigenvalue weighted by Gasteiger charge is 2.35. The van der Waals surface area contributed by atoms with Crippen molar-refractivity contribution >= 4 is 0 Å². The molecule has 0 heterocycles. The van der Waals surface area contributed by atoms with Crippen molar-refractivity contribution in [1.29, 1.82) is 0 Å². The summed E-state index contributed by atoms with van der Waals surface area (Å²) in [6.07, 6.45) is -2.22. The van der Waals surface area contributed by atoms with Crippen molar-refractivity contribution in [2.45, 2.75) is 52.3 Å². The lowest BCUT2D eigenvalue weighted by molar-refractivity contribution is -0.138. The molecule has 120 valence electrons. The summed E-state index contributed by atoms with van der Waals surface area (Å²) >= 11 is 0. The highest BCUT2D eigenvalue weighted by Crippen LogP contribution is 2.37. The summed E-state index contributed by atoms with van der Waals surface area (Å²) in [4.78, 5) is 0. The van der Waals surface area contributed by atoms with E-state index in [9.17, 15) is 17.6 Å². The van der Waals surface area contributed by atoms with Crippen LogP contribution in [0.2, 0.25) is 0 Å². The Hall–Kier alpha value is -1.10. The van der Waals surface area contributed by atoms with Crippen molar-refractivity contribution in [1.82, 2.24) is 5.32 Å². The molecule has 0 aliphatic carbocycles. The van der Waals surface area contributed by atoms with Crippen LogP contribution in [0.3, 0.4) is 0 Å². The Morgan fingerprint density at radius 3 is 2.38 bits per heavy atom. The number of hydrogen-bond donors (Lipinski definition) is 1. The average molecular weight is 305 g/mol. The van der Waals surface area contributed by atoms with E-state index in [-0.39, 0.29) is 11.5 Å². The molecule has 0 radical (unpaired) electrons. The highest BCUT2D eigenvalue weighted by atomic mass is 19.4. The summed E-state index contributed by atoms with van der Waals surface area (Å²) in [7, 11) is 0. The van der Waals surface area contributed by atoms with Gasteiger partial charge < -0.3 is 5.32 Å². The molecular formula is C16H23F4N. The first-order valence-electron chi connectivity index (χ1n) is 7.39. The normalized spacial score (nSPS) is 15.0. The van der Waals surface area contributed by atoms with E-state index in [0.29, 0.717) is 13.0 Å². The highest BCUT2D eigenvalue weighted by molar-refractivity contribution is 5.33. The molecule has 2 unspecified atom stereocenters. The van der Waals surface area contributed by atoms with Crippen LogP contribution in [0.4, 0.5) is 17.6 Å². The summed E-state index contributed by atoms with van der Waals surface area (Å²) < 4.78 is 52.8. The SMILES string of the molecule is CCCNC(CC(C)CC)c1cc(F)ccc1C(F)(F)F. The van der Waals surface area contributed by atoms with Gasteiger partial charge in [0.1, 0.15) is 5.82 Å². The van der Waals surface area contributed by atoms with Gasteiger partial charge in [0.15, 0.2) is 0 Å². The molecule has 0 aliphatic rings. The summed E-state index contributed by atoms with van der Waals surface area (Å²) in [5, 5.41) is 3.12. The molecule has 1 aromatic rings. The zero-order chi connectivity index (χ0) is 16.0. The Morgan fingerprint density at radius 2 is 1.86 bits per heavy atom. The molecule has 1 N–H and O–H groups in total. The predicted molar refractivity (Wildman–Crippen MR) is 76.5 cm³/mol. The van der Waals surface area contributed by atoms with Gasteiger partial charge in [0.25, 0.3) is 0 Å². The van der Waals surface area contributed by atoms with Crippen LogP contribution in [0.1, 0.15) is 57.2 Å². The van der Waals surface area contributed by atoms with Crippen LogP contribution in [0.5, 0.6) is 0 Å². The summed E-state index contributed by atoms with van der Waals surface area (Å²) in [5.41, 5.74) is -0.739. The molecule has 0 aliphatic heterocycles. The van der Waals surface area contributed by atoms with Crippen LogP contribution < -0.4 is 5.32 Å². The van der Waals surface area contributed by atoms with Crippen LogP contribution >= 0.6 is 0 Å². The van der Waals surface area contributed by atoms with Gasteiger partial charge in [0.2, 0.25) is 0 Å². The molecular weight excluding hydrogens is 282 g/mol. The molecule has 21 heavy (non-hydrogen) atoms. The standard InChI is InChI=1S/C16H23F4N/c1-4-8-21-15(9-11(3)5-2)13-10-12(17)6-7-14(13)16(18,19)20/h6-7,10-11,15,21H,4-5,8-9H2,1-3H3. The quantitative estimate of drug-likeness (QED) is 0.672. The third kappa shape index (κ3) is 5.30. The third-order valence-electron chi connectivity index (χ3n) is 3.67. The van der Waals surface area contributed by atoms with Gasteiger partial charge in [0.05, 0.1) is 5.56 Å². The molecule has 1 rings (SSSR count). The van der Waals surface area contributed by atoms with E-state index in [1.807, 2.05) is 20.8 Å². The molecule has 0 amide bonds. The van der Waals surface area contributed by atoms with E-state index in [4.69, 9.17) is 0 Å². The first-order valence-corrected chi connectivity index (χ1v) is 7.39. The molecule has 1 nitrogen and oxygen atoms in total. The van der Waals surface area contributed by atoms with Crippen LogP contribution in [-0.2, 0) is 6.18 Å². The number of nitrogens with one attached hydrogen (secondary N) is 1.